The molecular weight excluding hydrogens is 198 g/mol. The largest absolute Gasteiger partial charge is 0.396 e. The standard InChI is InChI=1S/C9H15N3O3/c1-15-5-7(2-3-13)12-8-4-9(14)11-6-10-8/h4,6-7,13H,2-3,5H2,1H3,(H2,10,11,12,14). The van der Waals surface area contributed by atoms with Gasteiger partial charge in [0.25, 0.3) is 5.56 Å². The van der Waals surface area contributed by atoms with Gasteiger partial charge in [0.1, 0.15) is 5.82 Å². The van der Waals surface area contributed by atoms with Gasteiger partial charge >= 0.3 is 0 Å². The summed E-state index contributed by atoms with van der Waals surface area (Å²) in [5, 5.41) is 11.8. The van der Waals surface area contributed by atoms with Crippen LogP contribution in [0.15, 0.2) is 17.2 Å². The molecule has 3 N–H and O–H groups in total. The van der Waals surface area contributed by atoms with E-state index in [1.165, 1.54) is 12.4 Å². The Morgan fingerprint density at radius 1 is 1.73 bits per heavy atom. The number of H-pyrrole nitrogens is 1. The molecule has 6 nitrogen and oxygen atoms in total. The van der Waals surface area contributed by atoms with E-state index in [2.05, 4.69) is 15.3 Å². The number of nitrogens with zero attached hydrogens (tertiary/aromatic N) is 1. The molecule has 0 aliphatic heterocycles. The fourth-order valence-corrected chi connectivity index (χ4v) is 1.21. The second-order valence-electron chi connectivity index (χ2n) is 3.11. The summed E-state index contributed by atoms with van der Waals surface area (Å²) in [4.78, 5) is 17.3. The summed E-state index contributed by atoms with van der Waals surface area (Å²) in [5.41, 5.74) is -0.215. The number of nitrogens with one attached hydrogen (secondary N) is 2. The third kappa shape index (κ3) is 4.09. The van der Waals surface area contributed by atoms with Crippen LogP contribution in [-0.2, 0) is 4.74 Å². The zero-order valence-corrected chi connectivity index (χ0v) is 8.56. The Morgan fingerprint density at radius 3 is 3.13 bits per heavy atom. The fraction of sp³-hybridized carbons (Fsp3) is 0.556. The predicted octanol–water partition coefficient (Wildman–Crippen LogP) is -0.421. The first kappa shape index (κ1) is 11.7. The minimum atomic E-state index is -0.215. The molecule has 0 spiro atoms. The number of hydrogen-bond acceptors (Lipinski definition) is 5. The van der Waals surface area contributed by atoms with Gasteiger partial charge in [0.05, 0.1) is 19.0 Å². The van der Waals surface area contributed by atoms with Crippen molar-refractivity contribution in [2.75, 3.05) is 25.6 Å². The van der Waals surface area contributed by atoms with Gasteiger partial charge in [-0.15, -0.1) is 0 Å². The van der Waals surface area contributed by atoms with Crippen LogP contribution >= 0.6 is 0 Å². The molecule has 1 aromatic rings. The lowest BCUT2D eigenvalue weighted by Gasteiger charge is -2.16. The Balaban J connectivity index is 2.60. The van der Waals surface area contributed by atoms with E-state index >= 15 is 0 Å². The van der Waals surface area contributed by atoms with Crippen LogP contribution in [0.2, 0.25) is 0 Å². The number of methoxy groups -OCH3 is 1. The van der Waals surface area contributed by atoms with E-state index in [1.807, 2.05) is 0 Å². The summed E-state index contributed by atoms with van der Waals surface area (Å²) in [6.07, 6.45) is 1.87. The summed E-state index contributed by atoms with van der Waals surface area (Å²) in [6.45, 7) is 0.513. The zero-order valence-electron chi connectivity index (χ0n) is 8.56. The van der Waals surface area contributed by atoms with Crippen molar-refractivity contribution >= 4 is 5.82 Å². The summed E-state index contributed by atoms with van der Waals surface area (Å²) >= 11 is 0. The lowest BCUT2D eigenvalue weighted by Crippen LogP contribution is -2.27. The molecule has 84 valence electrons. The van der Waals surface area contributed by atoms with Crippen LogP contribution in [-0.4, -0.2) is 41.4 Å². The summed E-state index contributed by atoms with van der Waals surface area (Å²) in [7, 11) is 1.58. The lowest BCUT2D eigenvalue weighted by molar-refractivity contribution is 0.170. The second kappa shape index (κ2) is 6.15. The topological polar surface area (TPSA) is 87.2 Å². The molecule has 0 radical (unpaired) electrons. The molecule has 1 aromatic heterocycles. The lowest BCUT2D eigenvalue weighted by atomic mass is 10.2. The van der Waals surface area contributed by atoms with Crippen LogP contribution in [0.25, 0.3) is 0 Å². The van der Waals surface area contributed by atoms with Crippen molar-refractivity contribution < 1.29 is 9.84 Å². The highest BCUT2D eigenvalue weighted by molar-refractivity contribution is 5.32. The molecule has 1 atom stereocenters. The number of aromatic nitrogens is 2. The fourth-order valence-electron chi connectivity index (χ4n) is 1.21. The average molecular weight is 213 g/mol. The first-order valence-electron chi connectivity index (χ1n) is 4.67. The molecule has 1 unspecified atom stereocenters. The molecule has 15 heavy (non-hydrogen) atoms. The van der Waals surface area contributed by atoms with Gasteiger partial charge in [-0.25, -0.2) is 4.98 Å². The van der Waals surface area contributed by atoms with Gasteiger partial charge in [-0.1, -0.05) is 0 Å². The van der Waals surface area contributed by atoms with Crippen LogP contribution in [0, 0.1) is 0 Å². The molecule has 6 heteroatoms. The number of hydrogen-bond donors (Lipinski definition) is 3. The first-order valence-corrected chi connectivity index (χ1v) is 4.67. The predicted molar refractivity (Wildman–Crippen MR) is 55.8 cm³/mol. The zero-order chi connectivity index (χ0) is 11.1. The molecule has 0 aliphatic carbocycles. The van der Waals surface area contributed by atoms with Crippen molar-refractivity contribution in [1.82, 2.24) is 9.97 Å². The summed E-state index contributed by atoms with van der Waals surface area (Å²) < 4.78 is 4.97. The maximum absolute atomic E-state index is 11.0. The summed E-state index contributed by atoms with van der Waals surface area (Å²) in [6, 6.07) is 1.31. The number of ether oxygens (including phenoxy) is 1. The quantitative estimate of drug-likeness (QED) is 0.597. The maximum atomic E-state index is 11.0. The second-order valence-corrected chi connectivity index (χ2v) is 3.11. The van der Waals surface area contributed by atoms with Crippen LogP contribution in [0.5, 0.6) is 0 Å². The number of rotatable bonds is 6. The third-order valence-corrected chi connectivity index (χ3v) is 1.88. The molecule has 0 bridgehead atoms. The minimum absolute atomic E-state index is 0.0469. The van der Waals surface area contributed by atoms with E-state index in [-0.39, 0.29) is 18.2 Å². The summed E-state index contributed by atoms with van der Waals surface area (Å²) in [5.74, 6) is 0.481. The molecule has 0 aromatic carbocycles. The Bertz CT molecular complexity index is 333. The van der Waals surface area contributed by atoms with Gasteiger partial charge in [0.2, 0.25) is 0 Å². The van der Waals surface area contributed by atoms with Crippen molar-refractivity contribution in [3.63, 3.8) is 0 Å². The van der Waals surface area contributed by atoms with E-state index in [0.717, 1.165) is 0 Å². The van der Waals surface area contributed by atoms with Crippen molar-refractivity contribution in [1.29, 1.82) is 0 Å². The first-order chi connectivity index (χ1) is 7.26. The van der Waals surface area contributed by atoms with Gasteiger partial charge in [0.15, 0.2) is 0 Å². The Morgan fingerprint density at radius 2 is 2.53 bits per heavy atom. The Hall–Kier alpha value is -1.40. The van der Waals surface area contributed by atoms with Gasteiger partial charge in [-0.3, -0.25) is 4.79 Å². The normalized spacial score (nSPS) is 12.4. The van der Waals surface area contributed by atoms with Crippen LogP contribution in [0.3, 0.4) is 0 Å². The van der Waals surface area contributed by atoms with Gasteiger partial charge < -0.3 is 20.1 Å². The van der Waals surface area contributed by atoms with Crippen molar-refractivity contribution in [3.8, 4) is 0 Å². The average Bonchev–Trinajstić information content (AvgIpc) is 2.18. The third-order valence-electron chi connectivity index (χ3n) is 1.88. The maximum Gasteiger partial charge on any atom is 0.252 e. The van der Waals surface area contributed by atoms with E-state index < -0.39 is 0 Å². The Labute approximate surface area is 87.3 Å². The number of anilines is 1. The van der Waals surface area contributed by atoms with Crippen LogP contribution in [0.1, 0.15) is 6.42 Å². The van der Waals surface area contributed by atoms with Crippen LogP contribution in [0.4, 0.5) is 5.82 Å². The van der Waals surface area contributed by atoms with E-state index in [9.17, 15) is 4.79 Å². The van der Waals surface area contributed by atoms with E-state index in [1.54, 1.807) is 7.11 Å². The van der Waals surface area contributed by atoms with Gasteiger partial charge in [-0.2, -0.15) is 0 Å². The minimum Gasteiger partial charge on any atom is -0.396 e. The molecule has 0 fully saturated rings. The van der Waals surface area contributed by atoms with Crippen molar-refractivity contribution in [3.05, 3.63) is 22.7 Å². The molecule has 0 saturated carbocycles. The molecular formula is C9H15N3O3. The van der Waals surface area contributed by atoms with E-state index in [0.29, 0.717) is 18.8 Å². The molecule has 1 rings (SSSR count). The van der Waals surface area contributed by atoms with Gasteiger partial charge in [-0.05, 0) is 6.42 Å². The van der Waals surface area contributed by atoms with E-state index in [4.69, 9.17) is 9.84 Å². The molecule has 0 aliphatic rings. The number of aromatic amines is 1. The Kier molecular flexibility index (Phi) is 4.79. The monoisotopic (exact) mass is 213 g/mol. The van der Waals surface area contributed by atoms with Crippen LogP contribution < -0.4 is 10.9 Å². The van der Waals surface area contributed by atoms with Gasteiger partial charge in [0, 0.05) is 19.8 Å². The SMILES string of the molecule is COCC(CCO)Nc1cc(=O)[nH]cn1. The number of aliphatic hydroxyl groups excluding tert-OH is 1. The molecule has 1 heterocycles. The molecule has 0 amide bonds. The van der Waals surface area contributed by atoms with Crippen molar-refractivity contribution in [2.24, 2.45) is 0 Å². The highest BCUT2D eigenvalue weighted by Gasteiger charge is 2.08. The number of aliphatic hydroxyl groups is 1. The molecule has 0 saturated heterocycles. The van der Waals surface area contributed by atoms with Crippen molar-refractivity contribution in [2.45, 2.75) is 12.5 Å². The highest BCUT2D eigenvalue weighted by atomic mass is 16.5. The highest BCUT2D eigenvalue weighted by Crippen LogP contribution is 2.02. The smallest absolute Gasteiger partial charge is 0.252 e.